The number of aryl methyl sites for hydroxylation is 1. The van der Waals surface area contributed by atoms with Crippen LogP contribution in [0.1, 0.15) is 5.56 Å². The Hall–Kier alpha value is -0.380. The van der Waals surface area contributed by atoms with E-state index in [1.807, 2.05) is 0 Å². The van der Waals surface area contributed by atoms with Gasteiger partial charge in [0, 0.05) is 5.69 Å². The van der Waals surface area contributed by atoms with Crippen LogP contribution in [0, 0.1) is 6.92 Å². The predicted molar refractivity (Wildman–Crippen MR) is 55.9 cm³/mol. The number of benzene rings is 1. The number of rotatable bonds is 2. The maximum absolute atomic E-state index is 3.80. The SMILES string of the molecule is C=INc1ccc(C)cc1. The third-order valence-electron chi connectivity index (χ3n) is 1.23. The first-order chi connectivity index (χ1) is 4.83. The largest absolute Gasteiger partial charge is 0.334 e. The highest BCUT2D eigenvalue weighted by Gasteiger charge is 1.85. The Morgan fingerprint density at radius 2 is 1.90 bits per heavy atom. The van der Waals surface area contributed by atoms with Crippen molar-refractivity contribution in [1.82, 2.24) is 0 Å². The Bertz CT molecular complexity index is 215. The zero-order valence-electron chi connectivity index (χ0n) is 5.89. The molecular weight excluding hydrogens is 237 g/mol. The molecule has 0 fully saturated rings. The Kier molecular flexibility index (Phi) is 2.86. The fraction of sp³-hybridized carbons (Fsp3) is 0.125. The summed E-state index contributed by atoms with van der Waals surface area (Å²) in [5.74, 6) is 0. The van der Waals surface area contributed by atoms with E-state index in [-0.39, 0.29) is 21.0 Å². The van der Waals surface area contributed by atoms with E-state index in [0.29, 0.717) is 0 Å². The molecule has 54 valence electrons. The molecule has 0 saturated carbocycles. The number of anilines is 1. The number of halogens is 1. The highest BCUT2D eigenvalue weighted by atomic mass is 127. The fourth-order valence-electron chi connectivity index (χ4n) is 0.694. The summed E-state index contributed by atoms with van der Waals surface area (Å²) < 4.78 is 7.04. The van der Waals surface area contributed by atoms with Crippen molar-refractivity contribution in [2.75, 3.05) is 3.53 Å². The van der Waals surface area contributed by atoms with Crippen molar-refractivity contribution < 1.29 is 0 Å². The molecule has 0 saturated heterocycles. The van der Waals surface area contributed by atoms with Gasteiger partial charge in [0.25, 0.3) is 0 Å². The molecule has 1 rings (SSSR count). The van der Waals surface area contributed by atoms with Gasteiger partial charge in [-0.15, -0.1) is 0 Å². The Labute approximate surface area is 71.6 Å². The number of hydrogen-bond donors (Lipinski definition) is 1. The zero-order valence-corrected chi connectivity index (χ0v) is 8.05. The molecule has 0 unspecified atom stereocenters. The molecule has 1 nitrogen and oxygen atoms in total. The van der Waals surface area contributed by atoms with Crippen LogP contribution in [0.15, 0.2) is 24.3 Å². The van der Waals surface area contributed by atoms with Crippen LogP contribution in [0.25, 0.3) is 0 Å². The van der Waals surface area contributed by atoms with Gasteiger partial charge in [-0.05, 0) is 44.6 Å². The third-order valence-corrected chi connectivity index (χ3v) is 2.23. The van der Waals surface area contributed by atoms with Crippen LogP contribution in [0.3, 0.4) is 0 Å². The van der Waals surface area contributed by atoms with Gasteiger partial charge in [-0.3, -0.25) is 0 Å². The maximum Gasteiger partial charge on any atom is 0.0424 e. The van der Waals surface area contributed by atoms with Gasteiger partial charge in [-0.1, -0.05) is 17.7 Å². The topological polar surface area (TPSA) is 12.0 Å². The summed E-state index contributed by atoms with van der Waals surface area (Å²) in [4.78, 5) is 0. The second-order valence-corrected chi connectivity index (χ2v) is 3.40. The van der Waals surface area contributed by atoms with Crippen LogP contribution in [0.5, 0.6) is 0 Å². The lowest BCUT2D eigenvalue weighted by Crippen LogP contribution is -1.78. The van der Waals surface area contributed by atoms with Crippen LogP contribution in [0.4, 0.5) is 5.69 Å². The zero-order chi connectivity index (χ0) is 7.40. The van der Waals surface area contributed by atoms with Gasteiger partial charge in [-0.2, -0.15) is 0 Å². The Balaban J connectivity index is 2.78. The van der Waals surface area contributed by atoms with Gasteiger partial charge >= 0.3 is 0 Å². The minimum atomic E-state index is -0.0811. The summed E-state index contributed by atoms with van der Waals surface area (Å²) in [5, 5.41) is 0. The second-order valence-electron chi connectivity index (χ2n) is 2.09. The van der Waals surface area contributed by atoms with Crippen LogP contribution in [-0.2, 0) is 0 Å². The summed E-state index contributed by atoms with van der Waals surface area (Å²) in [6.45, 7) is 2.09. The van der Waals surface area contributed by atoms with E-state index in [4.69, 9.17) is 0 Å². The van der Waals surface area contributed by atoms with Crippen LogP contribution in [-0.4, -0.2) is 4.51 Å². The second kappa shape index (κ2) is 3.71. The summed E-state index contributed by atoms with van der Waals surface area (Å²) in [5.41, 5.74) is 2.49. The van der Waals surface area contributed by atoms with Crippen molar-refractivity contribution in [1.29, 1.82) is 0 Å². The Morgan fingerprint density at radius 1 is 1.30 bits per heavy atom. The van der Waals surface area contributed by atoms with Crippen LogP contribution >= 0.6 is 21.0 Å². The lowest BCUT2D eigenvalue weighted by atomic mass is 10.2. The van der Waals surface area contributed by atoms with Gasteiger partial charge in [0.2, 0.25) is 0 Å². The van der Waals surface area contributed by atoms with Gasteiger partial charge < -0.3 is 3.53 Å². The Morgan fingerprint density at radius 3 is 2.40 bits per heavy atom. The highest BCUT2D eigenvalue weighted by Crippen LogP contribution is 2.11. The van der Waals surface area contributed by atoms with Gasteiger partial charge in [0.05, 0.1) is 0 Å². The van der Waals surface area contributed by atoms with Crippen molar-refractivity contribution in [2.24, 2.45) is 0 Å². The molecule has 0 aliphatic carbocycles. The summed E-state index contributed by atoms with van der Waals surface area (Å²) in [6, 6.07) is 8.37. The van der Waals surface area contributed by atoms with E-state index in [9.17, 15) is 0 Å². The number of hydrogen-bond acceptors (Lipinski definition) is 1. The average Bonchev–Trinajstić information content (AvgIpc) is 1.95. The van der Waals surface area contributed by atoms with Gasteiger partial charge in [0.1, 0.15) is 0 Å². The summed E-state index contributed by atoms with van der Waals surface area (Å²) >= 11 is -0.0811. The van der Waals surface area contributed by atoms with E-state index >= 15 is 0 Å². The normalized spacial score (nSPS) is 9.30. The molecule has 2 heteroatoms. The molecule has 0 heterocycles. The number of nitrogens with one attached hydrogen (secondary N) is 1. The van der Waals surface area contributed by atoms with Gasteiger partial charge in [0.15, 0.2) is 0 Å². The summed E-state index contributed by atoms with van der Waals surface area (Å²) in [7, 11) is 0. The predicted octanol–water partition coefficient (Wildman–Crippen LogP) is 2.72. The smallest absolute Gasteiger partial charge is 0.0424 e. The van der Waals surface area contributed by atoms with E-state index in [0.717, 1.165) is 0 Å². The quantitative estimate of drug-likeness (QED) is 0.625. The first-order valence-corrected chi connectivity index (χ1v) is 5.63. The maximum atomic E-state index is 3.80. The van der Waals surface area contributed by atoms with Crippen molar-refractivity contribution in [2.45, 2.75) is 6.92 Å². The van der Waals surface area contributed by atoms with Crippen molar-refractivity contribution in [3.05, 3.63) is 29.8 Å². The average molecular weight is 247 g/mol. The molecule has 0 aliphatic heterocycles. The molecule has 0 aliphatic rings. The van der Waals surface area contributed by atoms with E-state index < -0.39 is 0 Å². The standard InChI is InChI=1S/C8H10IN/c1-7-3-5-8(6-4-7)10-9-2/h3-6,10H,2H2,1H3. The van der Waals surface area contributed by atoms with Crippen molar-refractivity contribution >= 4 is 31.2 Å². The van der Waals surface area contributed by atoms with E-state index in [1.165, 1.54) is 11.3 Å². The lowest BCUT2D eigenvalue weighted by molar-refractivity contribution is 1.48. The first kappa shape index (κ1) is 7.72. The summed E-state index contributed by atoms with van der Waals surface area (Å²) in [6.07, 6.45) is 0. The van der Waals surface area contributed by atoms with Gasteiger partial charge in [-0.25, -0.2) is 0 Å². The first-order valence-electron chi connectivity index (χ1n) is 3.03. The van der Waals surface area contributed by atoms with E-state index in [2.05, 4.69) is 39.2 Å². The lowest BCUT2D eigenvalue weighted by Gasteiger charge is -1.97. The highest BCUT2D eigenvalue weighted by molar-refractivity contribution is 14.2. The molecular formula is C8H10IN. The monoisotopic (exact) mass is 247 g/mol. The minimum absolute atomic E-state index is 0.0811. The third kappa shape index (κ3) is 2.10. The molecule has 0 bridgehead atoms. The molecule has 0 radical (unpaired) electrons. The van der Waals surface area contributed by atoms with Crippen LogP contribution in [0.2, 0.25) is 0 Å². The molecule has 1 N–H and O–H groups in total. The molecule has 0 amide bonds. The van der Waals surface area contributed by atoms with E-state index in [1.54, 1.807) is 0 Å². The minimum Gasteiger partial charge on any atom is -0.334 e. The molecule has 10 heavy (non-hydrogen) atoms. The van der Waals surface area contributed by atoms with Crippen molar-refractivity contribution in [3.8, 4) is 0 Å². The molecule has 0 atom stereocenters. The molecule has 0 spiro atoms. The molecule has 1 aromatic carbocycles. The molecule has 1 aromatic rings. The fourth-order valence-corrected chi connectivity index (χ4v) is 1.49. The van der Waals surface area contributed by atoms with Crippen LogP contribution < -0.4 is 3.53 Å². The molecule has 0 aromatic heterocycles. The van der Waals surface area contributed by atoms with Crippen molar-refractivity contribution in [3.63, 3.8) is 0 Å².